The van der Waals surface area contributed by atoms with Crippen molar-refractivity contribution < 1.29 is 13.2 Å². The highest BCUT2D eigenvalue weighted by Crippen LogP contribution is 2.36. The van der Waals surface area contributed by atoms with Crippen molar-refractivity contribution in [3.63, 3.8) is 0 Å². The Morgan fingerprint density at radius 3 is 2.81 bits per heavy atom. The third kappa shape index (κ3) is 5.28. The monoisotopic (exact) mass is 331 g/mol. The molecule has 2 rings (SSSR count). The molecule has 21 heavy (non-hydrogen) atoms. The van der Waals surface area contributed by atoms with Crippen LogP contribution in [0.1, 0.15) is 38.8 Å². The molecule has 1 unspecified atom stereocenters. The van der Waals surface area contributed by atoms with E-state index < -0.39 is 10.0 Å². The van der Waals surface area contributed by atoms with Crippen LogP contribution in [0.2, 0.25) is 0 Å². The first kappa shape index (κ1) is 16.2. The first-order valence-corrected chi connectivity index (χ1v) is 9.62. The molecule has 8 heteroatoms. The van der Waals surface area contributed by atoms with Gasteiger partial charge in [0.2, 0.25) is 15.9 Å². The molecule has 0 saturated heterocycles. The smallest absolute Gasteiger partial charge is 0.231 e. The lowest BCUT2D eigenvalue weighted by molar-refractivity contribution is -0.121. The first-order valence-electron chi connectivity index (χ1n) is 6.84. The Kier molecular flexibility index (Phi) is 4.57. The molecule has 0 aliphatic heterocycles. The maximum absolute atomic E-state index is 12.0. The summed E-state index contributed by atoms with van der Waals surface area (Å²) in [6.45, 7) is 4.42. The van der Waals surface area contributed by atoms with Crippen LogP contribution in [-0.2, 0) is 21.2 Å². The summed E-state index contributed by atoms with van der Waals surface area (Å²) < 4.78 is 24.5. The van der Waals surface area contributed by atoms with Gasteiger partial charge in [-0.25, -0.2) is 13.4 Å². The average Bonchev–Trinajstić information content (AvgIpc) is 2.83. The van der Waals surface area contributed by atoms with E-state index in [0.29, 0.717) is 16.2 Å². The van der Waals surface area contributed by atoms with Crippen molar-refractivity contribution in [1.29, 1.82) is 0 Å². The van der Waals surface area contributed by atoms with E-state index in [9.17, 15) is 13.2 Å². The van der Waals surface area contributed by atoms with Gasteiger partial charge in [0.05, 0.1) is 18.4 Å². The minimum absolute atomic E-state index is 0.0612. The zero-order valence-corrected chi connectivity index (χ0v) is 14.1. The number of hydrogen-bond donors (Lipinski definition) is 2. The molecule has 2 N–H and O–H groups in total. The van der Waals surface area contributed by atoms with Crippen molar-refractivity contribution in [3.05, 3.63) is 11.1 Å². The number of aromatic nitrogens is 1. The zero-order chi connectivity index (χ0) is 15.7. The normalized spacial score (nSPS) is 21.2. The number of rotatable bonds is 5. The second-order valence-corrected chi connectivity index (χ2v) is 8.97. The van der Waals surface area contributed by atoms with E-state index in [4.69, 9.17) is 0 Å². The lowest BCUT2D eigenvalue weighted by Crippen LogP contribution is -2.34. The van der Waals surface area contributed by atoms with Gasteiger partial charge in [-0.05, 0) is 24.7 Å². The summed E-state index contributed by atoms with van der Waals surface area (Å²) in [5, 5.41) is 5.02. The van der Waals surface area contributed by atoms with Crippen molar-refractivity contribution in [1.82, 2.24) is 10.3 Å². The quantitative estimate of drug-likeness (QED) is 0.860. The molecule has 1 amide bonds. The predicted octanol–water partition coefficient (Wildman–Crippen LogP) is 1.75. The third-order valence-corrected chi connectivity index (χ3v) is 5.00. The van der Waals surface area contributed by atoms with Gasteiger partial charge in [-0.2, -0.15) is 0 Å². The highest BCUT2D eigenvalue weighted by molar-refractivity contribution is 7.92. The van der Waals surface area contributed by atoms with Crippen LogP contribution in [0.15, 0.2) is 5.38 Å². The Labute approximate surface area is 129 Å². The number of nitrogens with one attached hydrogen (secondary N) is 2. The van der Waals surface area contributed by atoms with Gasteiger partial charge in [-0.1, -0.05) is 13.8 Å². The largest absolute Gasteiger partial charge is 0.353 e. The van der Waals surface area contributed by atoms with Crippen LogP contribution in [0, 0.1) is 5.41 Å². The molecule has 6 nitrogen and oxygen atoms in total. The molecule has 118 valence electrons. The van der Waals surface area contributed by atoms with Crippen LogP contribution in [0.3, 0.4) is 0 Å². The van der Waals surface area contributed by atoms with Gasteiger partial charge in [-0.3, -0.25) is 9.52 Å². The summed E-state index contributed by atoms with van der Waals surface area (Å²) in [6.07, 6.45) is 4.38. The van der Waals surface area contributed by atoms with Crippen molar-refractivity contribution in [2.24, 2.45) is 5.41 Å². The standard InChI is InChI=1S/C13H21N3O3S2/c1-13(2)5-4-9(7-13)14-11(17)6-10-8-20-12(15-10)16-21(3,18)19/h8-9H,4-7H2,1-3H3,(H,14,17)(H,15,16). The van der Waals surface area contributed by atoms with E-state index in [1.54, 1.807) is 5.38 Å². The Balaban J connectivity index is 1.86. The molecular weight excluding hydrogens is 310 g/mol. The number of thiazole rings is 1. The third-order valence-electron chi connectivity index (χ3n) is 3.50. The average molecular weight is 331 g/mol. The molecule has 0 spiro atoms. The topological polar surface area (TPSA) is 88.2 Å². The summed E-state index contributed by atoms with van der Waals surface area (Å²) in [5.41, 5.74) is 0.881. The number of sulfonamides is 1. The van der Waals surface area contributed by atoms with Gasteiger partial charge >= 0.3 is 0 Å². The number of carbonyl (C=O) groups is 1. The van der Waals surface area contributed by atoms with Crippen LogP contribution in [-0.4, -0.2) is 31.6 Å². The van der Waals surface area contributed by atoms with E-state index in [-0.39, 0.29) is 18.4 Å². The van der Waals surface area contributed by atoms with Crippen LogP contribution in [0.5, 0.6) is 0 Å². The fourth-order valence-corrected chi connectivity index (χ4v) is 4.16. The Hall–Kier alpha value is -1.15. The maximum atomic E-state index is 12.0. The van der Waals surface area contributed by atoms with Gasteiger partial charge in [0.1, 0.15) is 0 Å². The Morgan fingerprint density at radius 1 is 1.52 bits per heavy atom. The molecule has 1 aliphatic rings. The molecule has 0 radical (unpaired) electrons. The van der Waals surface area contributed by atoms with Crippen LogP contribution < -0.4 is 10.0 Å². The highest BCUT2D eigenvalue weighted by Gasteiger charge is 2.31. The van der Waals surface area contributed by atoms with Gasteiger partial charge in [0.15, 0.2) is 5.13 Å². The van der Waals surface area contributed by atoms with Gasteiger partial charge in [-0.15, -0.1) is 11.3 Å². The van der Waals surface area contributed by atoms with Crippen LogP contribution >= 0.6 is 11.3 Å². The lowest BCUT2D eigenvalue weighted by Gasteiger charge is -2.17. The van der Waals surface area contributed by atoms with Crippen LogP contribution in [0.4, 0.5) is 5.13 Å². The summed E-state index contributed by atoms with van der Waals surface area (Å²) in [5.74, 6) is -0.0612. The van der Waals surface area contributed by atoms with Gasteiger partial charge < -0.3 is 5.32 Å². The predicted molar refractivity (Wildman–Crippen MR) is 83.8 cm³/mol. The van der Waals surface area contributed by atoms with E-state index in [1.165, 1.54) is 11.3 Å². The second-order valence-electron chi connectivity index (χ2n) is 6.37. The molecule has 1 aliphatic carbocycles. The van der Waals surface area contributed by atoms with Gasteiger partial charge in [0, 0.05) is 11.4 Å². The van der Waals surface area contributed by atoms with E-state index >= 15 is 0 Å². The number of anilines is 1. The Morgan fingerprint density at radius 2 is 2.24 bits per heavy atom. The molecule has 1 aromatic rings. The maximum Gasteiger partial charge on any atom is 0.231 e. The minimum Gasteiger partial charge on any atom is -0.353 e. The second kappa shape index (κ2) is 5.92. The molecular formula is C13H21N3O3S2. The molecule has 0 bridgehead atoms. The molecule has 1 aromatic heterocycles. The summed E-state index contributed by atoms with van der Waals surface area (Å²) >= 11 is 1.18. The first-order chi connectivity index (χ1) is 9.63. The number of carbonyl (C=O) groups excluding carboxylic acids is 1. The van der Waals surface area contributed by atoms with Gasteiger partial charge in [0.25, 0.3) is 0 Å². The summed E-state index contributed by atoms with van der Waals surface area (Å²) in [4.78, 5) is 16.1. The van der Waals surface area contributed by atoms with Crippen molar-refractivity contribution in [3.8, 4) is 0 Å². The zero-order valence-electron chi connectivity index (χ0n) is 12.5. The SMILES string of the molecule is CC1(C)CCC(NC(=O)Cc2csc(NS(C)(=O)=O)n2)C1. The summed E-state index contributed by atoms with van der Waals surface area (Å²) in [7, 11) is -3.33. The molecule has 1 fully saturated rings. The van der Waals surface area contributed by atoms with E-state index in [2.05, 4.69) is 28.9 Å². The Bertz CT molecular complexity index is 622. The minimum atomic E-state index is -3.33. The van der Waals surface area contributed by atoms with E-state index in [0.717, 1.165) is 25.5 Å². The number of amides is 1. The molecule has 1 saturated carbocycles. The molecule has 0 aromatic carbocycles. The fourth-order valence-electron chi connectivity index (χ4n) is 2.60. The molecule has 1 atom stereocenters. The van der Waals surface area contributed by atoms with Crippen LogP contribution in [0.25, 0.3) is 0 Å². The molecule has 1 heterocycles. The highest BCUT2D eigenvalue weighted by atomic mass is 32.2. The summed E-state index contributed by atoms with van der Waals surface area (Å²) in [6, 6.07) is 0.236. The van der Waals surface area contributed by atoms with E-state index in [1.807, 2.05) is 0 Å². The van der Waals surface area contributed by atoms with Crippen molar-refractivity contribution >= 4 is 32.4 Å². The fraction of sp³-hybridized carbons (Fsp3) is 0.692. The van der Waals surface area contributed by atoms with Crippen molar-refractivity contribution in [2.45, 2.75) is 45.6 Å². The lowest BCUT2D eigenvalue weighted by atomic mass is 9.92. The van der Waals surface area contributed by atoms with Crippen molar-refractivity contribution in [2.75, 3.05) is 11.0 Å². The number of nitrogens with zero attached hydrogens (tertiary/aromatic N) is 1. The number of hydrogen-bond acceptors (Lipinski definition) is 5.